The Balaban J connectivity index is 1.36. The number of rotatable bonds is 5. The van der Waals surface area contributed by atoms with Crippen molar-refractivity contribution in [3.8, 4) is 0 Å². The Hall–Kier alpha value is -1.36. The van der Waals surface area contributed by atoms with Gasteiger partial charge in [0.1, 0.15) is 6.10 Å². The summed E-state index contributed by atoms with van der Waals surface area (Å²) in [6, 6.07) is 6.72. The molecule has 164 valence electrons. The maximum absolute atomic E-state index is 12.9. The summed E-state index contributed by atoms with van der Waals surface area (Å²) >= 11 is 7.37. The minimum absolute atomic E-state index is 0.0975. The highest BCUT2D eigenvalue weighted by Crippen LogP contribution is 2.41. The van der Waals surface area contributed by atoms with E-state index >= 15 is 0 Å². The molecule has 1 aromatic rings. The van der Waals surface area contributed by atoms with Crippen LogP contribution in [0.1, 0.15) is 6.42 Å². The van der Waals surface area contributed by atoms with E-state index < -0.39 is 24.2 Å². The number of nitrogens with zero attached hydrogens (tertiary/aromatic N) is 2. The summed E-state index contributed by atoms with van der Waals surface area (Å²) in [6.45, 7) is 4.51. The summed E-state index contributed by atoms with van der Waals surface area (Å²) in [7, 11) is 0. The van der Waals surface area contributed by atoms with Crippen LogP contribution in [0.5, 0.6) is 0 Å². The van der Waals surface area contributed by atoms with E-state index in [2.05, 4.69) is 20.5 Å². The molecule has 30 heavy (non-hydrogen) atoms. The Morgan fingerprint density at radius 2 is 2.00 bits per heavy atom. The van der Waals surface area contributed by atoms with Gasteiger partial charge in [0.05, 0.1) is 31.3 Å². The van der Waals surface area contributed by atoms with Gasteiger partial charge in [0, 0.05) is 42.1 Å². The third-order valence-corrected chi connectivity index (χ3v) is 7.31. The number of amidine groups is 1. The number of aliphatic hydroxyl groups excluding tert-OH is 2. The van der Waals surface area contributed by atoms with Crippen molar-refractivity contribution in [1.82, 2.24) is 10.2 Å². The normalized spacial score (nSPS) is 31.7. The van der Waals surface area contributed by atoms with E-state index in [-0.39, 0.29) is 17.6 Å². The van der Waals surface area contributed by atoms with Gasteiger partial charge in [0.25, 0.3) is 0 Å². The first-order chi connectivity index (χ1) is 14.5. The molecule has 1 amide bonds. The summed E-state index contributed by atoms with van der Waals surface area (Å²) in [4.78, 5) is 19.7. The number of halogens is 1. The van der Waals surface area contributed by atoms with E-state index in [1.165, 1.54) is 11.8 Å². The first-order valence-corrected chi connectivity index (χ1v) is 11.5. The Bertz CT molecular complexity index is 775. The van der Waals surface area contributed by atoms with Gasteiger partial charge in [0.15, 0.2) is 5.17 Å². The number of aliphatic imine (C=N–C) groups is 1. The molecule has 0 spiro atoms. The zero-order chi connectivity index (χ0) is 21.1. The number of aliphatic hydroxyl groups is 2. The van der Waals surface area contributed by atoms with E-state index in [9.17, 15) is 15.0 Å². The smallest absolute Gasteiger partial charge is 0.224 e. The number of thioether (sulfide) groups is 1. The molecule has 1 aromatic carbocycles. The molecule has 0 radical (unpaired) electrons. The largest absolute Gasteiger partial charge is 0.390 e. The number of morpholine rings is 1. The van der Waals surface area contributed by atoms with Gasteiger partial charge < -0.3 is 25.6 Å². The van der Waals surface area contributed by atoms with Crippen molar-refractivity contribution in [2.45, 2.75) is 29.9 Å². The second-order valence-corrected chi connectivity index (χ2v) is 9.39. The average molecular weight is 455 g/mol. The summed E-state index contributed by atoms with van der Waals surface area (Å²) in [5, 5.41) is 28.0. The van der Waals surface area contributed by atoms with Crippen LogP contribution in [0.4, 0.5) is 5.69 Å². The summed E-state index contributed by atoms with van der Waals surface area (Å²) in [5.74, 6) is -0.518. The Morgan fingerprint density at radius 1 is 1.27 bits per heavy atom. The maximum atomic E-state index is 12.9. The molecule has 3 aliphatic rings. The zero-order valence-electron chi connectivity index (χ0n) is 16.5. The summed E-state index contributed by atoms with van der Waals surface area (Å²) in [6.07, 6.45) is -1.73. The van der Waals surface area contributed by atoms with Crippen LogP contribution >= 0.6 is 23.4 Å². The second kappa shape index (κ2) is 9.84. The topological polar surface area (TPSA) is 106 Å². The van der Waals surface area contributed by atoms with Crippen LogP contribution in [-0.4, -0.2) is 89.1 Å². The van der Waals surface area contributed by atoms with Gasteiger partial charge in [0.2, 0.25) is 5.91 Å². The van der Waals surface area contributed by atoms with Crippen LogP contribution in [0.3, 0.4) is 0 Å². The molecule has 4 N–H and O–H groups in total. The number of hydrogen-bond acceptors (Lipinski definition) is 8. The van der Waals surface area contributed by atoms with Gasteiger partial charge in [-0.2, -0.15) is 0 Å². The first-order valence-electron chi connectivity index (χ1n) is 10.2. The third kappa shape index (κ3) is 5.09. The van der Waals surface area contributed by atoms with E-state index in [1.807, 2.05) is 12.1 Å². The summed E-state index contributed by atoms with van der Waals surface area (Å²) < 4.78 is 5.34. The lowest BCUT2D eigenvalue weighted by molar-refractivity contribution is -0.129. The number of ether oxygens (including phenoxy) is 1. The number of carbonyl (C=O) groups excluding carboxylic acids is 1. The van der Waals surface area contributed by atoms with Gasteiger partial charge >= 0.3 is 0 Å². The van der Waals surface area contributed by atoms with Gasteiger partial charge in [-0.1, -0.05) is 23.4 Å². The first kappa shape index (κ1) is 21.9. The maximum Gasteiger partial charge on any atom is 0.224 e. The molecule has 1 saturated heterocycles. The van der Waals surface area contributed by atoms with E-state index in [4.69, 9.17) is 16.3 Å². The standard InChI is InChI=1S/C20H27ClN4O4S/c21-12-1-3-13(4-2-12)23-20-24-16-17(27)15(26)11-14(18(16)30-20)19(28)22-5-6-25-7-9-29-10-8-25/h1-4,14-18,26-27H,5-11H2,(H,22,28)(H,23,24)/t14-,15+,16+,17-,18+/m0/s1. The Kier molecular flexibility index (Phi) is 7.17. The van der Waals surface area contributed by atoms with Crippen LogP contribution in [-0.2, 0) is 9.53 Å². The number of nitrogens with one attached hydrogen (secondary N) is 2. The van der Waals surface area contributed by atoms with Gasteiger partial charge in [-0.05, 0) is 30.7 Å². The van der Waals surface area contributed by atoms with Crippen molar-refractivity contribution in [3.05, 3.63) is 29.3 Å². The van der Waals surface area contributed by atoms with Crippen molar-refractivity contribution >= 4 is 40.1 Å². The van der Waals surface area contributed by atoms with E-state index in [1.54, 1.807) is 12.1 Å². The fourth-order valence-electron chi connectivity index (χ4n) is 4.06. The number of benzene rings is 1. The van der Waals surface area contributed by atoms with Crippen molar-refractivity contribution in [2.75, 3.05) is 44.7 Å². The van der Waals surface area contributed by atoms with Gasteiger partial charge in [-0.3, -0.25) is 14.7 Å². The molecule has 2 aliphatic heterocycles. The molecule has 0 aromatic heterocycles. The zero-order valence-corrected chi connectivity index (χ0v) is 18.1. The fourth-order valence-corrected chi connectivity index (χ4v) is 5.56. The van der Waals surface area contributed by atoms with Crippen molar-refractivity contribution in [2.24, 2.45) is 10.9 Å². The van der Waals surface area contributed by atoms with Crippen LogP contribution in [0.2, 0.25) is 5.02 Å². The van der Waals surface area contributed by atoms with Crippen LogP contribution < -0.4 is 10.6 Å². The van der Waals surface area contributed by atoms with Crippen LogP contribution in [0.25, 0.3) is 0 Å². The molecule has 1 saturated carbocycles. The number of hydrogen-bond donors (Lipinski definition) is 4. The highest BCUT2D eigenvalue weighted by atomic mass is 35.5. The highest BCUT2D eigenvalue weighted by molar-refractivity contribution is 8.15. The van der Waals surface area contributed by atoms with E-state index in [0.717, 1.165) is 38.5 Å². The molecule has 4 rings (SSSR count). The second-order valence-electron chi connectivity index (χ2n) is 7.78. The lowest BCUT2D eigenvalue weighted by Gasteiger charge is -2.37. The lowest BCUT2D eigenvalue weighted by Crippen LogP contribution is -2.54. The molecule has 1 aliphatic carbocycles. The molecule has 0 unspecified atom stereocenters. The van der Waals surface area contributed by atoms with Crippen LogP contribution in [0.15, 0.2) is 29.3 Å². The third-order valence-electron chi connectivity index (χ3n) is 5.75. The van der Waals surface area contributed by atoms with Crippen molar-refractivity contribution < 1.29 is 19.7 Å². The predicted octanol–water partition coefficient (Wildman–Crippen LogP) is 0.782. The van der Waals surface area contributed by atoms with Gasteiger partial charge in [-0.25, -0.2) is 0 Å². The highest BCUT2D eigenvalue weighted by Gasteiger charge is 2.50. The molecule has 0 bridgehead atoms. The molecular weight excluding hydrogens is 428 g/mol. The minimum Gasteiger partial charge on any atom is -0.390 e. The average Bonchev–Trinajstić information content (AvgIpc) is 3.17. The number of fused-ring (bicyclic) bond motifs is 1. The van der Waals surface area contributed by atoms with Crippen LogP contribution in [0, 0.1) is 5.92 Å². The molecule has 8 nitrogen and oxygen atoms in total. The number of carbonyl (C=O) groups is 1. The Morgan fingerprint density at radius 3 is 2.73 bits per heavy atom. The van der Waals surface area contributed by atoms with Crippen molar-refractivity contribution in [1.29, 1.82) is 0 Å². The molecule has 2 heterocycles. The van der Waals surface area contributed by atoms with E-state index in [0.29, 0.717) is 16.7 Å². The number of anilines is 1. The SMILES string of the molecule is O=C(NCCN1CCOCC1)[C@H]1C[C@@H](O)[C@H](O)[C@H]2N=C(Nc3ccc(Cl)cc3)S[C@@H]21. The molecule has 2 fully saturated rings. The molecule has 10 heteroatoms. The monoisotopic (exact) mass is 454 g/mol. The minimum atomic E-state index is -0.982. The predicted molar refractivity (Wildman–Crippen MR) is 118 cm³/mol. The quantitative estimate of drug-likeness (QED) is 0.521. The summed E-state index contributed by atoms with van der Waals surface area (Å²) in [5.41, 5.74) is 0.825. The van der Waals surface area contributed by atoms with Crippen molar-refractivity contribution in [3.63, 3.8) is 0 Å². The molecule has 5 atom stereocenters. The fraction of sp³-hybridized carbons (Fsp3) is 0.600. The number of amides is 1. The lowest BCUT2D eigenvalue weighted by atomic mass is 9.81. The Labute approximate surface area is 185 Å². The molecular formula is C20H27ClN4O4S. The van der Waals surface area contributed by atoms with Gasteiger partial charge in [-0.15, -0.1) is 0 Å².